The number of nitrogens with zero attached hydrogens (tertiary/aromatic N) is 3. The number of carboxylic acids is 1. The monoisotopic (exact) mass is 1230 g/mol. The topological polar surface area (TPSA) is 267 Å². The van der Waals surface area contributed by atoms with Crippen molar-refractivity contribution in [2.75, 3.05) is 83.1 Å². The maximum Gasteiger partial charge on any atom is 0.407 e. The summed E-state index contributed by atoms with van der Waals surface area (Å²) in [5, 5.41) is 21.9. The summed E-state index contributed by atoms with van der Waals surface area (Å²) in [6, 6.07) is 45.8. The Labute approximate surface area is 519 Å². The Kier molecular flexibility index (Phi) is 24.4. The molecule has 21 nitrogen and oxygen atoms in total. The molecular weight excluding hydrogens is 1160 g/mol. The summed E-state index contributed by atoms with van der Waals surface area (Å²) in [4.78, 5) is 70.7. The Morgan fingerprint density at radius 1 is 0.685 bits per heavy atom. The van der Waals surface area contributed by atoms with E-state index in [2.05, 4.69) is 67.0 Å². The molecule has 6 N–H and O–H groups in total. The molecule has 2 atom stereocenters. The van der Waals surface area contributed by atoms with Crippen molar-refractivity contribution in [2.45, 2.75) is 81.6 Å². The van der Waals surface area contributed by atoms with Crippen molar-refractivity contribution in [2.24, 2.45) is 0 Å². The van der Waals surface area contributed by atoms with Gasteiger partial charge >= 0.3 is 12.1 Å². The van der Waals surface area contributed by atoms with Crippen molar-refractivity contribution in [3.05, 3.63) is 209 Å². The predicted molar refractivity (Wildman–Crippen MR) is 336 cm³/mol. The van der Waals surface area contributed by atoms with Gasteiger partial charge in [-0.1, -0.05) is 127 Å². The van der Waals surface area contributed by atoms with E-state index in [1.54, 1.807) is 38.1 Å². The number of ketones is 1. The van der Waals surface area contributed by atoms with E-state index in [-0.39, 0.29) is 42.6 Å². The van der Waals surface area contributed by atoms with Gasteiger partial charge in [-0.15, -0.1) is 0 Å². The van der Waals surface area contributed by atoms with Crippen LogP contribution in [-0.2, 0) is 62.0 Å². The van der Waals surface area contributed by atoms with Gasteiger partial charge in [-0.3, -0.25) is 23.7 Å². The number of hydrogen-bond donors (Lipinski definition) is 6. The normalized spacial score (nSPS) is 13.4. The van der Waals surface area contributed by atoms with E-state index in [4.69, 9.17) is 28.7 Å². The average molecular weight is 1240 g/mol. The number of carboxylic acid groups (broad SMARTS) is 1. The summed E-state index contributed by atoms with van der Waals surface area (Å²) in [6.45, 7) is 6.59. The Morgan fingerprint density at radius 3 is 1.83 bits per heavy atom. The van der Waals surface area contributed by atoms with Gasteiger partial charge in [0.05, 0.1) is 37.9 Å². The lowest BCUT2D eigenvalue weighted by molar-refractivity contribution is -0.139. The first-order valence-corrected chi connectivity index (χ1v) is 31.2. The zero-order chi connectivity index (χ0) is 63.0. The summed E-state index contributed by atoms with van der Waals surface area (Å²) in [7, 11) is -2.78. The molecule has 89 heavy (non-hydrogen) atoms. The van der Waals surface area contributed by atoms with E-state index in [0.717, 1.165) is 27.8 Å². The predicted octanol–water partition coefficient (Wildman–Crippen LogP) is 7.92. The molecule has 0 aliphatic carbocycles. The molecule has 0 fully saturated rings. The number of sulfonamides is 1. The van der Waals surface area contributed by atoms with E-state index in [9.17, 15) is 37.5 Å². The van der Waals surface area contributed by atoms with Crippen LogP contribution in [0.2, 0.25) is 0 Å². The van der Waals surface area contributed by atoms with Crippen LogP contribution in [0, 0.1) is 13.8 Å². The van der Waals surface area contributed by atoms with Crippen molar-refractivity contribution in [1.29, 1.82) is 0 Å². The van der Waals surface area contributed by atoms with Crippen LogP contribution in [-0.4, -0.2) is 138 Å². The highest BCUT2D eigenvalue weighted by atomic mass is 32.2. The van der Waals surface area contributed by atoms with Crippen LogP contribution in [0.1, 0.15) is 81.4 Å². The number of benzene rings is 6. The lowest BCUT2D eigenvalue weighted by Crippen LogP contribution is -2.54. The number of aryl methyl sites for hydroxylation is 2. The first-order valence-electron chi connectivity index (χ1n) is 29.7. The van der Waals surface area contributed by atoms with Crippen molar-refractivity contribution in [1.82, 2.24) is 30.2 Å². The summed E-state index contributed by atoms with van der Waals surface area (Å²) in [5.74, 6) is -1.66. The molecular formula is C67H78N8O13S. The number of carbonyl (C=O) groups is 5. The van der Waals surface area contributed by atoms with E-state index in [0.29, 0.717) is 113 Å². The van der Waals surface area contributed by atoms with Crippen LogP contribution in [0.5, 0.6) is 5.75 Å². The largest absolute Gasteiger partial charge is 0.494 e. The van der Waals surface area contributed by atoms with Crippen LogP contribution in [0.25, 0.3) is 0 Å². The molecule has 0 spiro atoms. The Balaban J connectivity index is 0.739. The highest BCUT2D eigenvalue weighted by molar-refractivity contribution is 7.89. The maximum absolute atomic E-state index is 13.9. The minimum Gasteiger partial charge on any atom is -0.494 e. The fourth-order valence-electron chi connectivity index (χ4n) is 10.7. The van der Waals surface area contributed by atoms with E-state index in [1.165, 1.54) is 12.1 Å². The number of fused-ring (bicyclic) bond motifs is 1. The molecule has 0 saturated heterocycles. The van der Waals surface area contributed by atoms with Gasteiger partial charge in [0, 0.05) is 82.9 Å². The molecule has 1 aliphatic heterocycles. The van der Waals surface area contributed by atoms with Gasteiger partial charge in [-0.05, 0) is 96.3 Å². The summed E-state index contributed by atoms with van der Waals surface area (Å²) in [5.41, 5.74) is 5.47. The number of rotatable bonds is 35. The smallest absolute Gasteiger partial charge is 0.407 e. The molecule has 8 rings (SSSR count). The fraction of sp³-hybridized carbons (Fsp3) is 0.343. The minimum atomic E-state index is -4.46. The number of likely N-dealkylation sites (N-methyl/N-ethyl adjacent to an activating group) is 1. The number of hydrogen-bond acceptors (Lipinski definition) is 15. The molecule has 22 heteroatoms. The number of aromatic nitrogens is 2. The Hall–Kier alpha value is -8.93. The first kappa shape index (κ1) is 66.0. The number of Topliss-reactive ketones (excluding diaryl/α,β-unsaturated/α-hetero) is 1. The van der Waals surface area contributed by atoms with Crippen molar-refractivity contribution < 1.29 is 61.2 Å². The van der Waals surface area contributed by atoms with Gasteiger partial charge in [0.25, 0.3) is 0 Å². The highest BCUT2D eigenvalue weighted by Gasteiger charge is 2.40. The summed E-state index contributed by atoms with van der Waals surface area (Å²) >= 11 is 0. The molecule has 2 heterocycles. The third-order valence-electron chi connectivity index (χ3n) is 15.0. The van der Waals surface area contributed by atoms with Crippen LogP contribution in [0.3, 0.4) is 0 Å². The van der Waals surface area contributed by atoms with Gasteiger partial charge in [-0.2, -0.15) is 4.72 Å². The average Bonchev–Trinajstić information content (AvgIpc) is 2.06. The van der Waals surface area contributed by atoms with E-state index < -0.39 is 52.2 Å². The molecule has 1 aliphatic rings. The zero-order valence-electron chi connectivity index (χ0n) is 50.4. The standard InChI is InChI=1S/C67H78N8O13S/c1-48-41-55(87-36-16-27-61(77)68-30-17-34-84-37-39-86-40-38-85-35-18-31-70-66(81)88-47-50-19-8-4-9-20-50)42-49(2)62(48)89(82,83)73-57(64(79)80)46-71-63(78)59-44-60(76)56-29-28-51(43-58(56)74(59)3)45-72-65-69-32-33-75(65)67(52-21-10-5-11-22-52,53-23-12-6-13-24-53)54-25-14-7-15-26-54/h4-15,19-26,28-29,32-33,41-43,57,59,73H,16-18,27,30-31,34-40,44-47H2,1-3H3,(H,68,77)(H,69,72)(H,70,81)(H,71,78)(H,79,80). The van der Waals surface area contributed by atoms with Crippen LogP contribution in [0.15, 0.2) is 169 Å². The number of imidazole rings is 1. The van der Waals surface area contributed by atoms with E-state index in [1.807, 2.05) is 103 Å². The molecule has 3 amide bonds. The number of aliphatic carboxylic acids is 1. The molecule has 2 unspecified atom stereocenters. The van der Waals surface area contributed by atoms with E-state index >= 15 is 0 Å². The number of ether oxygens (including phenoxy) is 5. The summed E-state index contributed by atoms with van der Waals surface area (Å²) < 4.78 is 59.8. The van der Waals surface area contributed by atoms with Crippen LogP contribution in [0.4, 0.5) is 16.4 Å². The molecule has 6 aromatic carbocycles. The second-order valence-electron chi connectivity index (χ2n) is 21.4. The molecule has 1 aromatic heterocycles. The number of anilines is 2. The highest BCUT2D eigenvalue weighted by Crippen LogP contribution is 2.42. The maximum atomic E-state index is 13.9. The van der Waals surface area contributed by atoms with Gasteiger partial charge in [0.15, 0.2) is 5.78 Å². The van der Waals surface area contributed by atoms with Crippen molar-refractivity contribution in [3.63, 3.8) is 0 Å². The number of amides is 3. The molecule has 0 saturated carbocycles. The third kappa shape index (κ3) is 18.1. The Morgan fingerprint density at radius 2 is 1.25 bits per heavy atom. The second kappa shape index (κ2) is 32.9. The molecule has 7 aromatic rings. The molecule has 0 bridgehead atoms. The number of carbonyl (C=O) groups excluding carboxylic acids is 4. The second-order valence-corrected chi connectivity index (χ2v) is 23.0. The van der Waals surface area contributed by atoms with Gasteiger partial charge in [0.2, 0.25) is 27.8 Å². The van der Waals surface area contributed by atoms with Crippen LogP contribution < -0.4 is 35.6 Å². The molecule has 0 radical (unpaired) electrons. The van der Waals surface area contributed by atoms with Gasteiger partial charge < -0.3 is 55.0 Å². The summed E-state index contributed by atoms with van der Waals surface area (Å²) in [6.07, 6.45) is 4.88. The lowest BCUT2D eigenvalue weighted by Gasteiger charge is -2.38. The molecule has 470 valence electrons. The number of alkyl carbamates (subject to hydrolysis) is 1. The van der Waals surface area contributed by atoms with Crippen molar-refractivity contribution >= 4 is 51.3 Å². The SMILES string of the molecule is Cc1cc(OCCCC(=O)NCCCOCCOCCOCCCNC(=O)OCc2ccccc2)cc(C)c1S(=O)(=O)NC(CNC(=O)C1CC(=O)c2ccc(CNc3nccn3C(c3ccccc3)(c3ccccc3)c3ccccc3)cc2N1C)C(=O)O. The fourth-order valence-corrected chi connectivity index (χ4v) is 12.3. The Bertz CT molecular complexity index is 3440. The van der Waals surface area contributed by atoms with Crippen molar-refractivity contribution in [3.8, 4) is 5.75 Å². The lowest BCUT2D eigenvalue weighted by atomic mass is 9.76. The minimum absolute atomic E-state index is 0.145. The van der Waals surface area contributed by atoms with Crippen LogP contribution >= 0.6 is 0 Å². The quantitative estimate of drug-likeness (QED) is 0.0163. The third-order valence-corrected chi connectivity index (χ3v) is 16.8. The van der Waals surface area contributed by atoms with Gasteiger partial charge in [-0.25, -0.2) is 18.2 Å². The van der Waals surface area contributed by atoms with Gasteiger partial charge in [0.1, 0.15) is 30.0 Å². The first-order chi connectivity index (χ1) is 43.1. The zero-order valence-corrected chi connectivity index (χ0v) is 51.2. The number of nitrogens with one attached hydrogen (secondary N) is 5.